The molecule has 1 N–H and O–H groups in total. The minimum Gasteiger partial charge on any atom is -0.309 e. The van der Waals surface area contributed by atoms with E-state index in [1.165, 1.54) is 5.69 Å². The Labute approximate surface area is 73.8 Å². The lowest BCUT2D eigenvalue weighted by molar-refractivity contribution is 0.540. The van der Waals surface area contributed by atoms with Crippen LogP contribution < -0.4 is 5.32 Å². The summed E-state index contributed by atoms with van der Waals surface area (Å²) in [5, 5.41) is 7.55. The number of nitrogens with zero attached hydrogens (tertiary/aromatic N) is 2. The molecular formula is C9H17N3. The van der Waals surface area contributed by atoms with Crippen LogP contribution in [0.2, 0.25) is 0 Å². The third-order valence-electron chi connectivity index (χ3n) is 1.80. The van der Waals surface area contributed by atoms with Crippen LogP contribution in [-0.4, -0.2) is 15.8 Å². The molecule has 1 aromatic heterocycles. The molecule has 1 aromatic rings. The highest BCUT2D eigenvalue weighted by molar-refractivity contribution is 4.99. The zero-order chi connectivity index (χ0) is 8.97. The van der Waals surface area contributed by atoms with E-state index in [2.05, 4.69) is 37.3 Å². The predicted octanol–water partition coefficient (Wildman–Crippen LogP) is 1.40. The van der Waals surface area contributed by atoms with E-state index in [1.54, 1.807) is 0 Å². The summed E-state index contributed by atoms with van der Waals surface area (Å²) in [6, 6.07) is 2.59. The summed E-state index contributed by atoms with van der Waals surface area (Å²) in [5.74, 6) is 0. The van der Waals surface area contributed by atoms with Crippen molar-refractivity contribution in [3.8, 4) is 0 Å². The van der Waals surface area contributed by atoms with Crippen molar-refractivity contribution in [2.24, 2.45) is 0 Å². The van der Waals surface area contributed by atoms with Gasteiger partial charge in [0.05, 0.1) is 5.69 Å². The Morgan fingerprint density at radius 1 is 1.58 bits per heavy atom. The Balaban J connectivity index is 2.50. The minimum absolute atomic E-state index is 0.533. The van der Waals surface area contributed by atoms with Crippen LogP contribution in [0.5, 0.6) is 0 Å². The first-order chi connectivity index (χ1) is 5.74. The Morgan fingerprint density at radius 3 is 2.92 bits per heavy atom. The van der Waals surface area contributed by atoms with Gasteiger partial charge in [0.1, 0.15) is 0 Å². The minimum atomic E-state index is 0.533. The van der Waals surface area contributed by atoms with Crippen LogP contribution in [0.15, 0.2) is 12.3 Å². The molecule has 0 atom stereocenters. The first-order valence-electron chi connectivity index (χ1n) is 4.48. The van der Waals surface area contributed by atoms with Crippen LogP contribution in [0.4, 0.5) is 0 Å². The Bertz CT molecular complexity index is 227. The van der Waals surface area contributed by atoms with Gasteiger partial charge in [-0.2, -0.15) is 5.10 Å². The van der Waals surface area contributed by atoms with Crippen LogP contribution in [0, 0.1) is 0 Å². The maximum absolute atomic E-state index is 4.19. The van der Waals surface area contributed by atoms with Gasteiger partial charge >= 0.3 is 0 Å². The molecule has 68 valence electrons. The molecule has 0 fully saturated rings. The lowest BCUT2D eigenvalue weighted by Crippen LogP contribution is -2.23. The van der Waals surface area contributed by atoms with Gasteiger partial charge in [0.15, 0.2) is 0 Å². The standard InChI is InChI=1S/C9H17N3/c1-4-12-9(5-6-11-12)7-10-8(2)3/h5-6,8,10H,4,7H2,1-3H3. The number of nitrogens with one attached hydrogen (secondary N) is 1. The average Bonchev–Trinajstić information content (AvgIpc) is 2.47. The van der Waals surface area contributed by atoms with E-state index in [9.17, 15) is 0 Å². The summed E-state index contributed by atoms with van der Waals surface area (Å²) in [6.07, 6.45) is 1.85. The second-order valence-corrected chi connectivity index (χ2v) is 3.17. The summed E-state index contributed by atoms with van der Waals surface area (Å²) in [6.45, 7) is 8.25. The van der Waals surface area contributed by atoms with Crippen LogP contribution in [0.1, 0.15) is 26.5 Å². The maximum atomic E-state index is 4.19. The van der Waals surface area contributed by atoms with Crippen molar-refractivity contribution in [2.75, 3.05) is 0 Å². The van der Waals surface area contributed by atoms with Crippen molar-refractivity contribution < 1.29 is 0 Å². The summed E-state index contributed by atoms with van der Waals surface area (Å²) in [7, 11) is 0. The molecule has 0 unspecified atom stereocenters. The molecule has 1 rings (SSSR count). The molecule has 0 bridgehead atoms. The molecule has 0 aliphatic rings. The van der Waals surface area contributed by atoms with Gasteiger partial charge in [-0.1, -0.05) is 13.8 Å². The molecule has 0 spiro atoms. The molecular weight excluding hydrogens is 150 g/mol. The van der Waals surface area contributed by atoms with Crippen molar-refractivity contribution in [3.63, 3.8) is 0 Å². The molecule has 3 heteroatoms. The smallest absolute Gasteiger partial charge is 0.0522 e. The van der Waals surface area contributed by atoms with Crippen LogP contribution in [-0.2, 0) is 13.1 Å². The third kappa shape index (κ3) is 2.34. The lowest BCUT2D eigenvalue weighted by atomic mass is 10.3. The maximum Gasteiger partial charge on any atom is 0.0522 e. The third-order valence-corrected chi connectivity index (χ3v) is 1.80. The fourth-order valence-electron chi connectivity index (χ4n) is 1.10. The summed E-state index contributed by atoms with van der Waals surface area (Å²) in [4.78, 5) is 0. The first kappa shape index (κ1) is 9.26. The molecule has 0 aliphatic carbocycles. The van der Waals surface area contributed by atoms with Gasteiger partial charge in [0.2, 0.25) is 0 Å². The number of rotatable bonds is 4. The zero-order valence-electron chi connectivity index (χ0n) is 8.04. The number of aryl methyl sites for hydroxylation is 1. The highest BCUT2D eigenvalue weighted by Gasteiger charge is 2.00. The SMILES string of the molecule is CCn1nccc1CNC(C)C. The zero-order valence-corrected chi connectivity index (χ0v) is 8.04. The van der Waals surface area contributed by atoms with Gasteiger partial charge in [-0.25, -0.2) is 0 Å². The highest BCUT2D eigenvalue weighted by atomic mass is 15.3. The van der Waals surface area contributed by atoms with Crippen LogP contribution >= 0.6 is 0 Å². The van der Waals surface area contributed by atoms with Gasteiger partial charge < -0.3 is 5.32 Å². The van der Waals surface area contributed by atoms with Crippen molar-refractivity contribution in [2.45, 2.75) is 39.9 Å². The second-order valence-electron chi connectivity index (χ2n) is 3.17. The Morgan fingerprint density at radius 2 is 2.33 bits per heavy atom. The number of hydrogen-bond acceptors (Lipinski definition) is 2. The van der Waals surface area contributed by atoms with Crippen molar-refractivity contribution in [1.29, 1.82) is 0 Å². The van der Waals surface area contributed by atoms with Crippen molar-refractivity contribution in [3.05, 3.63) is 18.0 Å². The van der Waals surface area contributed by atoms with E-state index in [1.807, 2.05) is 10.9 Å². The fourth-order valence-corrected chi connectivity index (χ4v) is 1.10. The summed E-state index contributed by atoms with van der Waals surface area (Å²) >= 11 is 0. The second kappa shape index (κ2) is 4.26. The summed E-state index contributed by atoms with van der Waals surface area (Å²) < 4.78 is 2.01. The van der Waals surface area contributed by atoms with Crippen molar-refractivity contribution >= 4 is 0 Å². The summed E-state index contributed by atoms with van der Waals surface area (Å²) in [5.41, 5.74) is 1.26. The molecule has 0 saturated carbocycles. The largest absolute Gasteiger partial charge is 0.309 e. The van der Waals surface area contributed by atoms with Gasteiger partial charge in [-0.05, 0) is 13.0 Å². The van der Waals surface area contributed by atoms with Crippen LogP contribution in [0.3, 0.4) is 0 Å². The molecule has 0 aromatic carbocycles. The number of aromatic nitrogens is 2. The van der Waals surface area contributed by atoms with Gasteiger partial charge in [-0.3, -0.25) is 4.68 Å². The molecule has 12 heavy (non-hydrogen) atoms. The van der Waals surface area contributed by atoms with E-state index in [0.717, 1.165) is 13.1 Å². The van der Waals surface area contributed by atoms with Gasteiger partial charge in [0, 0.05) is 25.3 Å². The fraction of sp³-hybridized carbons (Fsp3) is 0.667. The normalized spacial score (nSPS) is 11.0. The van der Waals surface area contributed by atoms with E-state index < -0.39 is 0 Å². The molecule has 0 amide bonds. The van der Waals surface area contributed by atoms with E-state index in [-0.39, 0.29) is 0 Å². The Hall–Kier alpha value is -0.830. The van der Waals surface area contributed by atoms with Crippen LogP contribution in [0.25, 0.3) is 0 Å². The van der Waals surface area contributed by atoms with Gasteiger partial charge in [-0.15, -0.1) is 0 Å². The van der Waals surface area contributed by atoms with Gasteiger partial charge in [0.25, 0.3) is 0 Å². The Kier molecular flexibility index (Phi) is 3.29. The number of hydrogen-bond donors (Lipinski definition) is 1. The molecule has 3 nitrogen and oxygen atoms in total. The lowest BCUT2D eigenvalue weighted by Gasteiger charge is -2.08. The molecule has 0 radical (unpaired) electrons. The van der Waals surface area contributed by atoms with Crippen molar-refractivity contribution in [1.82, 2.24) is 15.1 Å². The van der Waals surface area contributed by atoms with E-state index in [4.69, 9.17) is 0 Å². The monoisotopic (exact) mass is 167 g/mol. The highest BCUT2D eigenvalue weighted by Crippen LogP contribution is 1.98. The predicted molar refractivity (Wildman–Crippen MR) is 49.9 cm³/mol. The quantitative estimate of drug-likeness (QED) is 0.734. The molecule has 0 saturated heterocycles. The van der Waals surface area contributed by atoms with E-state index in [0.29, 0.717) is 6.04 Å². The first-order valence-corrected chi connectivity index (χ1v) is 4.48. The molecule has 1 heterocycles. The molecule has 0 aliphatic heterocycles. The topological polar surface area (TPSA) is 29.9 Å². The van der Waals surface area contributed by atoms with E-state index >= 15 is 0 Å². The average molecular weight is 167 g/mol.